The predicted octanol–water partition coefficient (Wildman–Crippen LogP) is 2.79. The first-order valence-corrected chi connectivity index (χ1v) is 8.42. The monoisotopic (exact) mass is 369 g/mol. The number of nitrogens with zero attached hydrogens (tertiary/aromatic N) is 2. The highest BCUT2D eigenvalue weighted by Gasteiger charge is 2.30. The molecule has 1 aliphatic heterocycles. The Bertz CT molecular complexity index is 787. The largest absolute Gasteiger partial charge is 0.416 e. The van der Waals surface area contributed by atoms with Crippen molar-refractivity contribution in [2.75, 3.05) is 19.6 Å². The van der Waals surface area contributed by atoms with E-state index in [0.717, 1.165) is 12.1 Å². The molecule has 1 fully saturated rings. The number of rotatable bonds is 2. The first-order chi connectivity index (χ1) is 11.8. The summed E-state index contributed by atoms with van der Waals surface area (Å²) in [4.78, 5) is 29.6. The second-order valence-corrected chi connectivity index (χ2v) is 6.36. The molecule has 0 aliphatic carbocycles. The first-order valence-electron chi connectivity index (χ1n) is 7.54. The number of aromatic nitrogens is 1. The fourth-order valence-corrected chi connectivity index (χ4v) is 3.24. The average Bonchev–Trinajstić information content (AvgIpc) is 2.97. The standard InChI is InChI=1S/C16H14F3N3O2S/c17-16(18,19)11-3-1-10(2-4-11)14-21-12(9-25-14)15(24)22-7-5-13(23)20-6-8-22/h1-4,9H,5-8H2,(H,20,23). The molecule has 0 radical (unpaired) electrons. The van der Waals surface area contributed by atoms with Gasteiger partial charge < -0.3 is 10.2 Å². The molecule has 1 N–H and O–H groups in total. The third-order valence-corrected chi connectivity index (χ3v) is 4.67. The smallest absolute Gasteiger partial charge is 0.354 e. The zero-order valence-electron chi connectivity index (χ0n) is 13.0. The SMILES string of the molecule is O=C1CCN(C(=O)c2csc(-c3ccc(C(F)(F)F)cc3)n2)CCN1. The lowest BCUT2D eigenvalue weighted by Gasteiger charge is -2.17. The Morgan fingerprint density at radius 1 is 1.20 bits per heavy atom. The van der Waals surface area contributed by atoms with E-state index in [0.29, 0.717) is 30.2 Å². The van der Waals surface area contributed by atoms with E-state index in [1.807, 2.05) is 0 Å². The third kappa shape index (κ3) is 3.98. The summed E-state index contributed by atoms with van der Waals surface area (Å²) in [6.07, 6.45) is -4.15. The average molecular weight is 369 g/mol. The summed E-state index contributed by atoms with van der Waals surface area (Å²) in [6, 6.07) is 4.66. The fourth-order valence-electron chi connectivity index (χ4n) is 2.44. The maximum atomic E-state index is 12.6. The van der Waals surface area contributed by atoms with Crippen LogP contribution in [0.15, 0.2) is 29.6 Å². The number of hydrogen-bond acceptors (Lipinski definition) is 4. The van der Waals surface area contributed by atoms with Gasteiger partial charge in [0, 0.05) is 37.0 Å². The molecule has 0 atom stereocenters. The zero-order chi connectivity index (χ0) is 18.0. The Hall–Kier alpha value is -2.42. The van der Waals surface area contributed by atoms with E-state index >= 15 is 0 Å². The summed E-state index contributed by atoms with van der Waals surface area (Å²) in [5.41, 5.74) is 0.0184. The maximum absolute atomic E-state index is 12.6. The zero-order valence-corrected chi connectivity index (χ0v) is 13.8. The van der Waals surface area contributed by atoms with Crippen LogP contribution in [0.1, 0.15) is 22.5 Å². The summed E-state index contributed by atoms with van der Waals surface area (Å²) in [5.74, 6) is -0.384. The van der Waals surface area contributed by atoms with E-state index in [9.17, 15) is 22.8 Å². The molecule has 9 heteroatoms. The summed E-state index contributed by atoms with van der Waals surface area (Å²) >= 11 is 1.19. The van der Waals surface area contributed by atoms with Crippen molar-refractivity contribution in [2.45, 2.75) is 12.6 Å². The Balaban J connectivity index is 1.75. The van der Waals surface area contributed by atoms with Crippen molar-refractivity contribution in [2.24, 2.45) is 0 Å². The van der Waals surface area contributed by atoms with E-state index in [1.54, 1.807) is 10.3 Å². The second kappa shape index (κ2) is 6.83. The minimum absolute atomic E-state index is 0.0981. The van der Waals surface area contributed by atoms with Gasteiger partial charge in [-0.3, -0.25) is 9.59 Å². The molecule has 2 heterocycles. The normalized spacial score (nSPS) is 15.6. The van der Waals surface area contributed by atoms with Gasteiger partial charge in [0.05, 0.1) is 5.56 Å². The molecular weight excluding hydrogens is 355 g/mol. The number of nitrogens with one attached hydrogen (secondary N) is 1. The Labute approximate surface area is 145 Å². The van der Waals surface area contributed by atoms with Gasteiger partial charge in [-0.05, 0) is 12.1 Å². The number of carbonyl (C=O) groups excluding carboxylic acids is 2. The third-order valence-electron chi connectivity index (χ3n) is 3.78. The quantitative estimate of drug-likeness (QED) is 0.886. The number of alkyl halides is 3. The van der Waals surface area contributed by atoms with Gasteiger partial charge >= 0.3 is 6.18 Å². The molecule has 0 unspecified atom stereocenters. The molecule has 25 heavy (non-hydrogen) atoms. The van der Waals surface area contributed by atoms with Gasteiger partial charge in [0.15, 0.2) is 0 Å². The van der Waals surface area contributed by atoms with Crippen molar-refractivity contribution in [1.29, 1.82) is 0 Å². The number of carbonyl (C=O) groups is 2. The van der Waals surface area contributed by atoms with E-state index in [4.69, 9.17) is 0 Å². The summed E-state index contributed by atoms with van der Waals surface area (Å²) in [7, 11) is 0. The molecule has 0 spiro atoms. The molecule has 2 amide bonds. The van der Waals surface area contributed by atoms with Crippen LogP contribution < -0.4 is 5.32 Å². The fraction of sp³-hybridized carbons (Fsp3) is 0.312. The molecule has 1 aromatic carbocycles. The lowest BCUT2D eigenvalue weighted by atomic mass is 10.1. The summed E-state index contributed by atoms with van der Waals surface area (Å²) in [6.45, 7) is 1.11. The Kier molecular flexibility index (Phi) is 4.76. The molecule has 1 aliphatic rings. The van der Waals surface area contributed by atoms with Crippen LogP contribution in [0.5, 0.6) is 0 Å². The van der Waals surface area contributed by atoms with Crippen molar-refractivity contribution in [3.8, 4) is 10.6 Å². The van der Waals surface area contributed by atoms with Crippen molar-refractivity contribution in [3.63, 3.8) is 0 Å². The predicted molar refractivity (Wildman–Crippen MR) is 86.1 cm³/mol. The van der Waals surface area contributed by atoms with Crippen LogP contribution in [0.2, 0.25) is 0 Å². The second-order valence-electron chi connectivity index (χ2n) is 5.51. The van der Waals surface area contributed by atoms with Gasteiger partial charge in [-0.25, -0.2) is 4.98 Å². The minimum atomic E-state index is -4.39. The van der Waals surface area contributed by atoms with Crippen molar-refractivity contribution >= 4 is 23.2 Å². The van der Waals surface area contributed by atoms with E-state index < -0.39 is 11.7 Å². The number of halogens is 3. The molecule has 1 saturated heterocycles. The lowest BCUT2D eigenvalue weighted by molar-refractivity contribution is -0.137. The molecular formula is C16H14F3N3O2S. The topological polar surface area (TPSA) is 62.3 Å². The molecule has 0 bridgehead atoms. The van der Waals surface area contributed by atoms with Crippen LogP contribution >= 0.6 is 11.3 Å². The van der Waals surface area contributed by atoms with Crippen LogP contribution in [-0.2, 0) is 11.0 Å². The lowest BCUT2D eigenvalue weighted by Crippen LogP contribution is -2.34. The Morgan fingerprint density at radius 3 is 2.60 bits per heavy atom. The van der Waals surface area contributed by atoms with E-state index in [2.05, 4.69) is 10.3 Å². The molecule has 0 saturated carbocycles. The van der Waals surface area contributed by atoms with Gasteiger partial charge in [0.2, 0.25) is 5.91 Å². The number of benzene rings is 1. The van der Waals surface area contributed by atoms with Crippen LogP contribution in [0, 0.1) is 0 Å². The molecule has 3 rings (SSSR count). The van der Waals surface area contributed by atoms with Crippen molar-refractivity contribution in [1.82, 2.24) is 15.2 Å². The van der Waals surface area contributed by atoms with E-state index in [1.165, 1.54) is 23.5 Å². The highest BCUT2D eigenvalue weighted by atomic mass is 32.1. The summed E-state index contributed by atoms with van der Waals surface area (Å²) < 4.78 is 37.8. The highest BCUT2D eigenvalue weighted by Crippen LogP contribution is 2.31. The van der Waals surface area contributed by atoms with Gasteiger partial charge in [-0.15, -0.1) is 11.3 Å². The summed E-state index contributed by atoms with van der Waals surface area (Å²) in [5, 5.41) is 4.74. The molecule has 132 valence electrons. The molecule has 2 aromatic rings. The van der Waals surface area contributed by atoms with Gasteiger partial charge in [-0.1, -0.05) is 12.1 Å². The number of amides is 2. The van der Waals surface area contributed by atoms with E-state index in [-0.39, 0.29) is 23.9 Å². The van der Waals surface area contributed by atoms with Crippen LogP contribution in [0.25, 0.3) is 10.6 Å². The van der Waals surface area contributed by atoms with Crippen LogP contribution in [-0.4, -0.2) is 41.3 Å². The Morgan fingerprint density at radius 2 is 1.92 bits per heavy atom. The first kappa shape index (κ1) is 17.4. The van der Waals surface area contributed by atoms with Crippen LogP contribution in [0.4, 0.5) is 13.2 Å². The molecule has 1 aromatic heterocycles. The van der Waals surface area contributed by atoms with Crippen molar-refractivity contribution in [3.05, 3.63) is 40.9 Å². The van der Waals surface area contributed by atoms with Gasteiger partial charge in [-0.2, -0.15) is 13.2 Å². The molecule has 5 nitrogen and oxygen atoms in total. The maximum Gasteiger partial charge on any atom is 0.416 e. The van der Waals surface area contributed by atoms with Crippen LogP contribution in [0.3, 0.4) is 0 Å². The van der Waals surface area contributed by atoms with Gasteiger partial charge in [0.25, 0.3) is 5.91 Å². The number of hydrogen-bond donors (Lipinski definition) is 1. The highest BCUT2D eigenvalue weighted by molar-refractivity contribution is 7.13. The van der Waals surface area contributed by atoms with Crippen molar-refractivity contribution < 1.29 is 22.8 Å². The minimum Gasteiger partial charge on any atom is -0.354 e. The van der Waals surface area contributed by atoms with Gasteiger partial charge in [0.1, 0.15) is 10.7 Å². The number of thiazole rings is 1.